The smallest absolute Gasteiger partial charge is 0.269 e. The normalized spacial score (nSPS) is 9.83. The van der Waals surface area contributed by atoms with E-state index in [1.54, 1.807) is 4.98 Å². The number of nitrogens with one attached hydrogen (secondary N) is 1. The number of allylic oxidation sites excluding steroid dienone is 2. The summed E-state index contributed by atoms with van der Waals surface area (Å²) < 4.78 is 0.209. The van der Waals surface area contributed by atoms with E-state index in [9.17, 15) is 24.0 Å². The van der Waals surface area contributed by atoms with Gasteiger partial charge >= 0.3 is 17.1 Å². The Bertz CT molecular complexity index is 731. The van der Waals surface area contributed by atoms with E-state index in [1.807, 2.05) is 0 Å². The molecule has 1 heterocycles. The van der Waals surface area contributed by atoms with E-state index >= 15 is 0 Å². The van der Waals surface area contributed by atoms with Crippen LogP contribution in [0.2, 0.25) is 0 Å². The van der Waals surface area contributed by atoms with Crippen LogP contribution in [0, 0.1) is 0 Å². The van der Waals surface area contributed by atoms with Gasteiger partial charge in [-0.1, -0.05) is 13.2 Å². The van der Waals surface area contributed by atoms with Crippen LogP contribution in [-0.2, 0) is 0 Å². The largest absolute Gasteiger partial charge is 0.350 e. The standard InChI is InChI=1S/C10H9N3O5/c1-4-6(14)12-8(16)11-9(17)13(10(12)18)7(15)5(2)3/h4H,1-2H2,3H3,(H,11,16,17). The summed E-state index contributed by atoms with van der Waals surface area (Å²) in [6.07, 6.45) is 0.705. The van der Waals surface area contributed by atoms with Gasteiger partial charge in [-0.2, -0.15) is 9.13 Å². The molecule has 1 aromatic rings. The molecule has 0 amide bonds. The van der Waals surface area contributed by atoms with Gasteiger partial charge in [0.15, 0.2) is 0 Å². The third-order valence-electron chi connectivity index (χ3n) is 1.97. The lowest BCUT2D eigenvalue weighted by Crippen LogP contribution is -2.53. The molecular weight excluding hydrogens is 242 g/mol. The van der Waals surface area contributed by atoms with Crippen LogP contribution in [0.1, 0.15) is 16.5 Å². The van der Waals surface area contributed by atoms with Gasteiger partial charge in [0.2, 0.25) is 0 Å². The van der Waals surface area contributed by atoms with E-state index in [-0.39, 0.29) is 14.7 Å². The van der Waals surface area contributed by atoms with Gasteiger partial charge in [-0.05, 0) is 13.0 Å². The number of carbonyl (C=O) groups excluding carboxylic acids is 2. The van der Waals surface area contributed by atoms with Gasteiger partial charge in [0.1, 0.15) is 0 Å². The second kappa shape index (κ2) is 4.62. The van der Waals surface area contributed by atoms with E-state index in [0.29, 0.717) is 6.08 Å². The summed E-state index contributed by atoms with van der Waals surface area (Å²) in [5.41, 5.74) is -3.92. The predicted octanol–water partition coefficient (Wildman–Crippen LogP) is -1.26. The highest BCUT2D eigenvalue weighted by molar-refractivity contribution is 5.94. The maximum Gasteiger partial charge on any atom is 0.350 e. The molecule has 0 fully saturated rings. The average molecular weight is 251 g/mol. The molecular formula is C10H9N3O5. The number of carbonyl (C=O) groups is 2. The minimum Gasteiger partial charge on any atom is -0.269 e. The highest BCUT2D eigenvalue weighted by Gasteiger charge is 2.18. The molecule has 0 spiro atoms. The Hall–Kier alpha value is -2.77. The first kappa shape index (κ1) is 13.3. The minimum absolute atomic E-state index is 0.0925. The number of hydrogen-bond donors (Lipinski definition) is 1. The first-order chi connectivity index (χ1) is 8.31. The zero-order valence-electron chi connectivity index (χ0n) is 9.43. The van der Waals surface area contributed by atoms with E-state index in [2.05, 4.69) is 13.2 Å². The molecule has 8 nitrogen and oxygen atoms in total. The van der Waals surface area contributed by atoms with E-state index in [4.69, 9.17) is 0 Å². The molecule has 0 saturated carbocycles. The molecule has 0 bridgehead atoms. The SMILES string of the molecule is C=CC(=O)n1c(=O)[nH]c(=O)n(C(=O)C(=C)C)c1=O. The van der Waals surface area contributed by atoms with E-state index in [1.165, 1.54) is 6.92 Å². The van der Waals surface area contributed by atoms with Gasteiger partial charge in [0.25, 0.3) is 11.8 Å². The first-order valence-corrected chi connectivity index (χ1v) is 4.66. The van der Waals surface area contributed by atoms with Crippen LogP contribution in [0.25, 0.3) is 0 Å². The van der Waals surface area contributed by atoms with Gasteiger partial charge in [-0.3, -0.25) is 14.6 Å². The highest BCUT2D eigenvalue weighted by atomic mass is 16.2. The lowest BCUT2D eigenvalue weighted by Gasteiger charge is -2.04. The van der Waals surface area contributed by atoms with Crippen LogP contribution < -0.4 is 17.1 Å². The third kappa shape index (κ3) is 2.03. The second-order valence-electron chi connectivity index (χ2n) is 3.32. The highest BCUT2D eigenvalue weighted by Crippen LogP contribution is 1.88. The fourth-order valence-corrected chi connectivity index (χ4v) is 1.13. The van der Waals surface area contributed by atoms with E-state index < -0.39 is 28.9 Å². The van der Waals surface area contributed by atoms with Crippen molar-refractivity contribution in [3.05, 3.63) is 56.3 Å². The van der Waals surface area contributed by atoms with Crippen molar-refractivity contribution in [2.24, 2.45) is 0 Å². The zero-order valence-corrected chi connectivity index (χ0v) is 9.43. The van der Waals surface area contributed by atoms with Crippen LogP contribution >= 0.6 is 0 Å². The molecule has 0 atom stereocenters. The third-order valence-corrected chi connectivity index (χ3v) is 1.97. The molecule has 1 rings (SSSR count). The molecule has 0 aliphatic carbocycles. The summed E-state index contributed by atoms with van der Waals surface area (Å²) in [6, 6.07) is 0. The van der Waals surface area contributed by atoms with Crippen LogP contribution in [0.4, 0.5) is 0 Å². The molecule has 0 aromatic carbocycles. The topological polar surface area (TPSA) is 111 Å². The minimum atomic E-state index is -1.36. The summed E-state index contributed by atoms with van der Waals surface area (Å²) in [5.74, 6) is -2.06. The first-order valence-electron chi connectivity index (χ1n) is 4.66. The average Bonchev–Trinajstić information content (AvgIpc) is 2.27. The maximum atomic E-state index is 11.7. The summed E-state index contributed by atoms with van der Waals surface area (Å²) in [4.78, 5) is 58.9. The Labute approximate surface area is 99.5 Å². The van der Waals surface area contributed by atoms with Gasteiger partial charge in [0, 0.05) is 5.57 Å². The molecule has 94 valence electrons. The van der Waals surface area contributed by atoms with Crippen LogP contribution in [0.3, 0.4) is 0 Å². The number of nitrogens with zero attached hydrogens (tertiary/aromatic N) is 2. The van der Waals surface area contributed by atoms with Crippen molar-refractivity contribution in [1.29, 1.82) is 0 Å². The van der Waals surface area contributed by atoms with Gasteiger partial charge in [0.05, 0.1) is 0 Å². The molecule has 8 heteroatoms. The Morgan fingerprint density at radius 3 is 2.11 bits per heavy atom. The van der Waals surface area contributed by atoms with Crippen molar-refractivity contribution in [3.63, 3.8) is 0 Å². The molecule has 18 heavy (non-hydrogen) atoms. The zero-order chi connectivity index (χ0) is 14.0. The molecule has 0 saturated heterocycles. The lowest BCUT2D eigenvalue weighted by atomic mass is 10.3. The van der Waals surface area contributed by atoms with Crippen molar-refractivity contribution in [2.45, 2.75) is 6.92 Å². The lowest BCUT2D eigenvalue weighted by molar-refractivity contribution is 0.0926. The molecule has 1 aromatic heterocycles. The molecule has 0 unspecified atom stereocenters. The van der Waals surface area contributed by atoms with Crippen molar-refractivity contribution < 1.29 is 9.59 Å². The van der Waals surface area contributed by atoms with Crippen molar-refractivity contribution in [3.8, 4) is 0 Å². The van der Waals surface area contributed by atoms with Crippen LogP contribution in [-0.4, -0.2) is 25.9 Å². The molecule has 0 aliphatic rings. The predicted molar refractivity (Wildman–Crippen MR) is 61.8 cm³/mol. The quantitative estimate of drug-likeness (QED) is 0.659. The summed E-state index contributed by atoms with van der Waals surface area (Å²) in [5, 5.41) is 0. The number of aromatic amines is 1. The summed E-state index contributed by atoms with van der Waals surface area (Å²) >= 11 is 0. The number of aromatic nitrogens is 3. The number of rotatable bonds is 2. The molecule has 1 N–H and O–H groups in total. The maximum absolute atomic E-state index is 11.7. The summed E-state index contributed by atoms with van der Waals surface area (Å²) in [7, 11) is 0. The van der Waals surface area contributed by atoms with Crippen molar-refractivity contribution in [1.82, 2.24) is 14.1 Å². The van der Waals surface area contributed by atoms with E-state index in [0.717, 1.165) is 0 Å². The van der Waals surface area contributed by atoms with Crippen LogP contribution in [0.15, 0.2) is 39.2 Å². The Morgan fingerprint density at radius 2 is 1.67 bits per heavy atom. The fraction of sp³-hybridized carbons (Fsp3) is 0.100. The van der Waals surface area contributed by atoms with Crippen molar-refractivity contribution in [2.75, 3.05) is 0 Å². The Morgan fingerprint density at radius 1 is 1.17 bits per heavy atom. The van der Waals surface area contributed by atoms with Gasteiger partial charge in [-0.25, -0.2) is 14.4 Å². The van der Waals surface area contributed by atoms with Gasteiger partial charge in [-0.15, -0.1) is 0 Å². The fourth-order valence-electron chi connectivity index (χ4n) is 1.13. The van der Waals surface area contributed by atoms with Crippen LogP contribution in [0.5, 0.6) is 0 Å². The molecule has 0 aliphatic heterocycles. The number of H-pyrrole nitrogens is 1. The van der Waals surface area contributed by atoms with Gasteiger partial charge < -0.3 is 0 Å². The summed E-state index contributed by atoms with van der Waals surface area (Å²) in [6.45, 7) is 7.65. The molecule has 0 radical (unpaired) electrons. The second-order valence-corrected chi connectivity index (χ2v) is 3.32. The number of hydrogen-bond acceptors (Lipinski definition) is 5. The Balaban J connectivity index is 3.83. The monoisotopic (exact) mass is 251 g/mol. The Kier molecular flexibility index (Phi) is 3.41. The van der Waals surface area contributed by atoms with Crippen molar-refractivity contribution >= 4 is 11.8 Å².